The van der Waals surface area contributed by atoms with Gasteiger partial charge in [-0.2, -0.15) is 0 Å². The Hall–Kier alpha value is -4.53. The second-order valence-electron chi connectivity index (χ2n) is 16.4. The lowest BCUT2D eigenvalue weighted by Crippen LogP contribution is -2.62. The Morgan fingerprint density at radius 1 is 0.912 bits per heavy atom. The molecule has 13 nitrogen and oxygen atoms in total. The first-order valence-corrected chi connectivity index (χ1v) is 20.2. The SMILES string of the molecule is CC(C)(C)NC(=O)[C@@H]1CN(C(=O)OCc2ccccc2)CCN1C[C@@H](O)C[C@@H](Cc1ccc(OCCN2CCOCC2)cc1)C(=O)N[C@H]1c2ccccc2C[C@H]1O. The molecule has 0 bridgehead atoms. The highest BCUT2D eigenvalue weighted by molar-refractivity contribution is 5.83. The summed E-state index contributed by atoms with van der Waals surface area (Å²) in [6.07, 6.45) is -1.34. The number of carbonyl (C=O) groups excluding carboxylic acids is 3. The van der Waals surface area contributed by atoms with E-state index in [4.69, 9.17) is 14.2 Å². The fourth-order valence-corrected chi connectivity index (χ4v) is 7.82. The fourth-order valence-electron chi connectivity index (χ4n) is 7.82. The highest BCUT2D eigenvalue weighted by Gasteiger charge is 2.38. The number of hydrogen-bond acceptors (Lipinski definition) is 10. The zero-order chi connectivity index (χ0) is 40.4. The van der Waals surface area contributed by atoms with Gasteiger partial charge in [-0.25, -0.2) is 4.79 Å². The summed E-state index contributed by atoms with van der Waals surface area (Å²) in [5.41, 5.74) is 3.14. The Labute approximate surface area is 336 Å². The number of ether oxygens (including phenoxy) is 3. The lowest BCUT2D eigenvalue weighted by molar-refractivity contribution is -0.132. The number of nitrogens with zero attached hydrogens (tertiary/aromatic N) is 3. The Morgan fingerprint density at radius 3 is 2.37 bits per heavy atom. The summed E-state index contributed by atoms with van der Waals surface area (Å²) in [6, 6.07) is 23.5. The molecule has 3 aromatic rings. The molecule has 0 radical (unpaired) electrons. The molecule has 2 heterocycles. The van der Waals surface area contributed by atoms with Crippen LogP contribution in [0.15, 0.2) is 78.9 Å². The van der Waals surface area contributed by atoms with Crippen LogP contribution in [-0.4, -0.2) is 132 Å². The first-order chi connectivity index (χ1) is 27.4. The van der Waals surface area contributed by atoms with Gasteiger partial charge in [-0.05, 0) is 68.0 Å². The van der Waals surface area contributed by atoms with Crippen LogP contribution in [0.5, 0.6) is 5.75 Å². The summed E-state index contributed by atoms with van der Waals surface area (Å²) in [4.78, 5) is 46.8. The van der Waals surface area contributed by atoms with Gasteiger partial charge in [-0.15, -0.1) is 0 Å². The van der Waals surface area contributed by atoms with Gasteiger partial charge in [-0.3, -0.25) is 19.4 Å². The van der Waals surface area contributed by atoms with Gasteiger partial charge >= 0.3 is 6.09 Å². The maximum absolute atomic E-state index is 14.1. The molecule has 3 aromatic carbocycles. The van der Waals surface area contributed by atoms with E-state index in [9.17, 15) is 24.6 Å². The number of aliphatic hydroxyl groups excluding tert-OH is 2. The molecule has 6 rings (SSSR count). The summed E-state index contributed by atoms with van der Waals surface area (Å²) in [5.74, 6) is -0.440. The van der Waals surface area contributed by atoms with Crippen molar-refractivity contribution in [1.82, 2.24) is 25.3 Å². The third kappa shape index (κ3) is 12.2. The Kier molecular flexibility index (Phi) is 14.6. The van der Waals surface area contributed by atoms with Gasteiger partial charge in [0.1, 0.15) is 25.0 Å². The van der Waals surface area contributed by atoms with E-state index in [1.54, 1.807) is 0 Å². The Balaban J connectivity index is 1.12. The van der Waals surface area contributed by atoms with E-state index in [1.807, 2.05) is 105 Å². The number of aliphatic hydroxyl groups is 2. The van der Waals surface area contributed by atoms with Crippen molar-refractivity contribution in [2.45, 2.75) is 76.5 Å². The number of rotatable bonds is 15. The number of carbonyl (C=O) groups is 3. The molecule has 0 spiro atoms. The topological polar surface area (TPSA) is 153 Å². The maximum atomic E-state index is 14.1. The number of piperazine rings is 1. The molecule has 3 aliphatic rings. The van der Waals surface area contributed by atoms with Gasteiger partial charge in [-0.1, -0.05) is 66.7 Å². The lowest BCUT2D eigenvalue weighted by Gasteiger charge is -2.41. The summed E-state index contributed by atoms with van der Waals surface area (Å²) < 4.78 is 17.0. The molecule has 13 heteroatoms. The average Bonchev–Trinajstić information content (AvgIpc) is 3.51. The summed E-state index contributed by atoms with van der Waals surface area (Å²) in [6.45, 7) is 11.3. The molecule has 2 fully saturated rings. The van der Waals surface area contributed by atoms with Crippen LogP contribution in [0.4, 0.5) is 4.79 Å². The summed E-state index contributed by atoms with van der Waals surface area (Å²) >= 11 is 0. The van der Waals surface area contributed by atoms with Crippen molar-refractivity contribution in [2.24, 2.45) is 5.92 Å². The van der Waals surface area contributed by atoms with E-state index in [0.29, 0.717) is 32.5 Å². The third-order valence-corrected chi connectivity index (χ3v) is 10.8. The summed E-state index contributed by atoms with van der Waals surface area (Å²) in [5, 5.41) is 28.8. The number of β-amino-alcohol motifs (C(OH)–C–C–N with tert-alkyl or cyclic N) is 1. The maximum Gasteiger partial charge on any atom is 0.410 e. The van der Waals surface area contributed by atoms with Crippen molar-refractivity contribution >= 4 is 17.9 Å². The quantitative estimate of drug-likeness (QED) is 0.181. The second kappa shape index (κ2) is 19.8. The Morgan fingerprint density at radius 2 is 1.63 bits per heavy atom. The van der Waals surface area contributed by atoms with Crippen LogP contribution in [0.1, 0.15) is 55.5 Å². The third-order valence-electron chi connectivity index (χ3n) is 10.8. The minimum absolute atomic E-state index is 0.0893. The van der Waals surface area contributed by atoms with Gasteiger partial charge < -0.3 is 40.0 Å². The first-order valence-electron chi connectivity index (χ1n) is 20.2. The van der Waals surface area contributed by atoms with Crippen molar-refractivity contribution in [3.05, 3.63) is 101 Å². The molecule has 2 saturated heterocycles. The van der Waals surface area contributed by atoms with Crippen LogP contribution in [0, 0.1) is 5.92 Å². The van der Waals surface area contributed by atoms with E-state index in [0.717, 1.165) is 60.9 Å². The van der Waals surface area contributed by atoms with Crippen LogP contribution >= 0.6 is 0 Å². The van der Waals surface area contributed by atoms with E-state index in [-0.39, 0.29) is 37.9 Å². The molecular weight excluding hydrogens is 727 g/mol. The molecule has 308 valence electrons. The number of hydrogen-bond donors (Lipinski definition) is 4. The molecule has 3 amide bonds. The highest BCUT2D eigenvalue weighted by atomic mass is 16.6. The van der Waals surface area contributed by atoms with Gasteiger partial charge in [0.15, 0.2) is 0 Å². The van der Waals surface area contributed by atoms with E-state index in [1.165, 1.54) is 4.90 Å². The van der Waals surface area contributed by atoms with Crippen molar-refractivity contribution in [2.75, 3.05) is 65.6 Å². The highest BCUT2D eigenvalue weighted by Crippen LogP contribution is 2.32. The number of benzene rings is 3. The van der Waals surface area contributed by atoms with Crippen molar-refractivity contribution in [1.29, 1.82) is 0 Å². The molecule has 57 heavy (non-hydrogen) atoms. The van der Waals surface area contributed by atoms with Gasteiger partial charge in [0.2, 0.25) is 11.8 Å². The number of nitrogens with one attached hydrogen (secondary N) is 2. The van der Waals surface area contributed by atoms with Crippen LogP contribution in [0.3, 0.4) is 0 Å². The molecular formula is C44H59N5O8. The molecule has 4 N–H and O–H groups in total. The van der Waals surface area contributed by atoms with Gasteiger partial charge in [0.25, 0.3) is 0 Å². The summed E-state index contributed by atoms with van der Waals surface area (Å²) in [7, 11) is 0. The fraction of sp³-hybridized carbons (Fsp3) is 0.523. The normalized spacial score (nSPS) is 21.3. The lowest BCUT2D eigenvalue weighted by atomic mass is 9.91. The van der Waals surface area contributed by atoms with Crippen molar-refractivity contribution in [3.63, 3.8) is 0 Å². The van der Waals surface area contributed by atoms with Gasteiger partial charge in [0.05, 0.1) is 31.5 Å². The van der Waals surface area contributed by atoms with E-state index >= 15 is 0 Å². The van der Waals surface area contributed by atoms with Crippen molar-refractivity contribution in [3.8, 4) is 5.75 Å². The molecule has 0 unspecified atom stereocenters. The minimum Gasteiger partial charge on any atom is -0.492 e. The van der Waals surface area contributed by atoms with E-state index in [2.05, 4.69) is 15.5 Å². The molecule has 1 aliphatic carbocycles. The number of amides is 3. The van der Waals surface area contributed by atoms with Gasteiger partial charge in [0, 0.05) is 63.7 Å². The van der Waals surface area contributed by atoms with Crippen LogP contribution < -0.4 is 15.4 Å². The van der Waals surface area contributed by atoms with E-state index < -0.39 is 41.8 Å². The smallest absolute Gasteiger partial charge is 0.410 e. The standard InChI is InChI=1S/C44H59N5O8/c1-44(2,3)46-42(53)38-29-49(43(54)57-30-32-9-5-4-6-10-32)18-17-48(38)28-35(50)26-34(41(52)45-40-37-12-8-7-11-33(37)27-39(40)51)25-31-13-15-36(16-14-31)56-24-21-47-19-22-55-23-20-47/h4-16,34-35,38-40,50-51H,17-30H2,1-3H3,(H,45,52)(H,46,53)/t34-,35+,38+,39-,40+/m1/s1. The van der Waals surface area contributed by atoms with Crippen LogP contribution in [0.25, 0.3) is 0 Å². The predicted octanol–water partition coefficient (Wildman–Crippen LogP) is 3.32. The predicted molar refractivity (Wildman–Crippen MR) is 216 cm³/mol. The zero-order valence-corrected chi connectivity index (χ0v) is 33.5. The van der Waals surface area contributed by atoms with Crippen LogP contribution in [0.2, 0.25) is 0 Å². The molecule has 0 aromatic heterocycles. The number of fused-ring (bicyclic) bond motifs is 1. The molecule has 2 aliphatic heterocycles. The second-order valence-corrected chi connectivity index (χ2v) is 16.4. The van der Waals surface area contributed by atoms with Crippen molar-refractivity contribution < 1.29 is 38.8 Å². The number of morpholine rings is 1. The average molecular weight is 786 g/mol. The largest absolute Gasteiger partial charge is 0.492 e. The minimum atomic E-state index is -0.981. The molecule has 0 saturated carbocycles. The monoisotopic (exact) mass is 785 g/mol. The molecule has 5 atom stereocenters. The first kappa shape index (κ1) is 42.1. The van der Waals surface area contributed by atoms with Crippen LogP contribution in [-0.2, 0) is 38.5 Å². The zero-order valence-electron chi connectivity index (χ0n) is 33.5. The Bertz CT molecular complexity index is 1760.